The SMILES string of the molecule is CC(NC(=O)N1CCN(c2ncccc2C#N)CC1)c1ccc(F)cc1F. The second-order valence-electron chi connectivity index (χ2n) is 6.30. The molecule has 2 amide bonds. The first kappa shape index (κ1) is 18.6. The number of amides is 2. The van der Waals surface area contributed by atoms with Crippen LogP contribution in [0.2, 0.25) is 0 Å². The van der Waals surface area contributed by atoms with Crippen LogP contribution < -0.4 is 10.2 Å². The molecule has 1 aromatic carbocycles. The van der Waals surface area contributed by atoms with Gasteiger partial charge >= 0.3 is 6.03 Å². The topological polar surface area (TPSA) is 72.3 Å². The number of rotatable bonds is 3. The first-order valence-electron chi connectivity index (χ1n) is 8.60. The average Bonchev–Trinajstić information content (AvgIpc) is 2.68. The third kappa shape index (κ3) is 4.14. The summed E-state index contributed by atoms with van der Waals surface area (Å²) in [6.45, 7) is 3.63. The summed E-state index contributed by atoms with van der Waals surface area (Å²) in [6.07, 6.45) is 1.63. The Morgan fingerprint density at radius 1 is 1.26 bits per heavy atom. The number of hydrogen-bond donors (Lipinski definition) is 1. The summed E-state index contributed by atoms with van der Waals surface area (Å²) in [7, 11) is 0. The minimum Gasteiger partial charge on any atom is -0.352 e. The maximum absolute atomic E-state index is 13.9. The van der Waals surface area contributed by atoms with Gasteiger partial charge in [-0.2, -0.15) is 5.26 Å². The molecule has 1 atom stereocenters. The molecule has 6 nitrogen and oxygen atoms in total. The van der Waals surface area contributed by atoms with Gasteiger partial charge in [-0.05, 0) is 25.1 Å². The van der Waals surface area contributed by atoms with Crippen molar-refractivity contribution in [3.63, 3.8) is 0 Å². The lowest BCUT2D eigenvalue weighted by molar-refractivity contribution is 0.191. The summed E-state index contributed by atoms with van der Waals surface area (Å²) in [5.41, 5.74) is 0.728. The number of nitrogens with zero attached hydrogens (tertiary/aromatic N) is 4. The number of urea groups is 1. The van der Waals surface area contributed by atoms with Crippen LogP contribution in [0.3, 0.4) is 0 Å². The second kappa shape index (κ2) is 7.99. The largest absolute Gasteiger partial charge is 0.352 e. The van der Waals surface area contributed by atoms with Crippen LogP contribution in [0, 0.1) is 23.0 Å². The molecule has 2 aromatic rings. The van der Waals surface area contributed by atoms with Gasteiger partial charge < -0.3 is 15.1 Å². The Kier molecular flexibility index (Phi) is 5.50. The molecule has 1 fully saturated rings. The lowest BCUT2D eigenvalue weighted by atomic mass is 10.1. The van der Waals surface area contributed by atoms with E-state index in [1.165, 1.54) is 12.1 Å². The monoisotopic (exact) mass is 371 g/mol. The van der Waals surface area contributed by atoms with Gasteiger partial charge in [0.1, 0.15) is 23.5 Å². The standard InChI is InChI=1S/C19H19F2N5O/c1-13(16-5-4-15(20)11-17(16)21)24-19(27)26-9-7-25(8-10-26)18-14(12-22)3-2-6-23-18/h2-6,11,13H,7-10H2,1H3,(H,24,27). The third-order valence-corrected chi connectivity index (χ3v) is 4.54. The number of carbonyl (C=O) groups excluding carboxylic acids is 1. The van der Waals surface area contributed by atoms with E-state index < -0.39 is 17.7 Å². The lowest BCUT2D eigenvalue weighted by Crippen LogP contribution is -2.52. The van der Waals surface area contributed by atoms with E-state index in [0.29, 0.717) is 37.6 Å². The molecule has 0 saturated carbocycles. The zero-order valence-corrected chi connectivity index (χ0v) is 14.8. The second-order valence-corrected chi connectivity index (χ2v) is 6.30. The van der Waals surface area contributed by atoms with E-state index in [1.54, 1.807) is 30.2 Å². The molecule has 1 N–H and O–H groups in total. The molecule has 0 aliphatic carbocycles. The quantitative estimate of drug-likeness (QED) is 0.901. The highest BCUT2D eigenvalue weighted by atomic mass is 19.1. The molecule has 27 heavy (non-hydrogen) atoms. The zero-order valence-electron chi connectivity index (χ0n) is 14.8. The Morgan fingerprint density at radius 3 is 2.67 bits per heavy atom. The van der Waals surface area contributed by atoms with Gasteiger partial charge in [-0.25, -0.2) is 18.6 Å². The van der Waals surface area contributed by atoms with Crippen molar-refractivity contribution >= 4 is 11.8 Å². The van der Waals surface area contributed by atoms with Crippen LogP contribution in [-0.2, 0) is 0 Å². The lowest BCUT2D eigenvalue weighted by Gasteiger charge is -2.36. The minimum absolute atomic E-state index is 0.232. The van der Waals surface area contributed by atoms with Crippen molar-refractivity contribution in [2.24, 2.45) is 0 Å². The summed E-state index contributed by atoms with van der Waals surface area (Å²) in [5.74, 6) is -0.731. The highest BCUT2D eigenvalue weighted by Crippen LogP contribution is 2.20. The number of anilines is 1. The van der Waals surface area contributed by atoms with Crippen molar-refractivity contribution < 1.29 is 13.6 Å². The van der Waals surface area contributed by atoms with E-state index in [2.05, 4.69) is 16.4 Å². The number of benzene rings is 1. The van der Waals surface area contributed by atoms with E-state index in [4.69, 9.17) is 0 Å². The van der Waals surface area contributed by atoms with Gasteiger partial charge in [0.25, 0.3) is 0 Å². The number of aromatic nitrogens is 1. The van der Waals surface area contributed by atoms with Crippen LogP contribution in [0.25, 0.3) is 0 Å². The fourth-order valence-electron chi connectivity index (χ4n) is 3.06. The Labute approximate surface area is 156 Å². The predicted molar refractivity (Wildman–Crippen MR) is 96.0 cm³/mol. The molecule has 1 saturated heterocycles. The van der Waals surface area contributed by atoms with Crippen LogP contribution in [0.5, 0.6) is 0 Å². The molecule has 0 radical (unpaired) electrons. The van der Waals surface area contributed by atoms with Gasteiger partial charge in [0, 0.05) is 44.0 Å². The Bertz CT molecular complexity index is 875. The summed E-state index contributed by atoms with van der Waals surface area (Å²) in [5, 5.41) is 11.9. The van der Waals surface area contributed by atoms with Gasteiger partial charge in [-0.15, -0.1) is 0 Å². The first-order valence-corrected chi connectivity index (χ1v) is 8.60. The number of pyridine rings is 1. The fraction of sp³-hybridized carbons (Fsp3) is 0.316. The Morgan fingerprint density at radius 2 is 2.00 bits per heavy atom. The molecule has 1 aromatic heterocycles. The van der Waals surface area contributed by atoms with Gasteiger partial charge in [0.05, 0.1) is 11.6 Å². The van der Waals surface area contributed by atoms with Crippen molar-refractivity contribution in [3.05, 3.63) is 59.3 Å². The van der Waals surface area contributed by atoms with Crippen molar-refractivity contribution in [1.82, 2.24) is 15.2 Å². The van der Waals surface area contributed by atoms with E-state index in [0.717, 1.165) is 6.07 Å². The highest BCUT2D eigenvalue weighted by Gasteiger charge is 2.25. The summed E-state index contributed by atoms with van der Waals surface area (Å²) < 4.78 is 26.9. The van der Waals surface area contributed by atoms with E-state index in [-0.39, 0.29) is 11.6 Å². The van der Waals surface area contributed by atoms with Gasteiger partial charge in [-0.1, -0.05) is 6.07 Å². The molecular formula is C19H19F2N5O. The fourth-order valence-corrected chi connectivity index (χ4v) is 3.06. The molecule has 2 heterocycles. The van der Waals surface area contributed by atoms with Crippen LogP contribution in [0.4, 0.5) is 19.4 Å². The number of carbonyl (C=O) groups is 1. The number of piperazine rings is 1. The van der Waals surface area contributed by atoms with Crippen molar-refractivity contribution in [3.8, 4) is 6.07 Å². The van der Waals surface area contributed by atoms with Crippen LogP contribution in [0.15, 0.2) is 36.5 Å². The smallest absolute Gasteiger partial charge is 0.317 e. The van der Waals surface area contributed by atoms with Crippen molar-refractivity contribution in [1.29, 1.82) is 5.26 Å². The number of nitrogens with one attached hydrogen (secondary N) is 1. The van der Waals surface area contributed by atoms with Gasteiger partial charge in [0.15, 0.2) is 0 Å². The van der Waals surface area contributed by atoms with E-state index in [1.807, 2.05) is 4.90 Å². The summed E-state index contributed by atoms with van der Waals surface area (Å²) >= 11 is 0. The van der Waals surface area contributed by atoms with Crippen LogP contribution in [-0.4, -0.2) is 42.1 Å². The molecule has 140 valence electrons. The van der Waals surface area contributed by atoms with Crippen LogP contribution >= 0.6 is 0 Å². The molecule has 0 bridgehead atoms. The molecule has 3 rings (SSSR count). The van der Waals surface area contributed by atoms with Crippen LogP contribution in [0.1, 0.15) is 24.1 Å². The maximum atomic E-state index is 13.9. The van der Waals surface area contributed by atoms with Crippen molar-refractivity contribution in [2.45, 2.75) is 13.0 Å². The minimum atomic E-state index is -0.688. The normalized spacial score (nSPS) is 15.2. The number of hydrogen-bond acceptors (Lipinski definition) is 4. The molecule has 1 aliphatic rings. The van der Waals surface area contributed by atoms with Crippen molar-refractivity contribution in [2.75, 3.05) is 31.1 Å². The molecule has 0 spiro atoms. The molecular weight excluding hydrogens is 352 g/mol. The molecule has 1 aliphatic heterocycles. The molecule has 1 unspecified atom stereocenters. The zero-order chi connectivity index (χ0) is 19.4. The highest BCUT2D eigenvalue weighted by molar-refractivity contribution is 5.75. The molecule has 8 heteroatoms. The Hall–Kier alpha value is -3.21. The average molecular weight is 371 g/mol. The van der Waals surface area contributed by atoms with Gasteiger partial charge in [-0.3, -0.25) is 0 Å². The maximum Gasteiger partial charge on any atom is 0.317 e. The summed E-state index contributed by atoms with van der Waals surface area (Å²) in [6, 6.07) is 7.94. The Balaban J connectivity index is 1.59. The number of nitriles is 1. The predicted octanol–water partition coefficient (Wildman–Crippen LogP) is 2.82. The van der Waals surface area contributed by atoms with Gasteiger partial charge in [0.2, 0.25) is 0 Å². The van der Waals surface area contributed by atoms with E-state index >= 15 is 0 Å². The third-order valence-electron chi connectivity index (χ3n) is 4.54. The number of halogens is 2. The summed E-state index contributed by atoms with van der Waals surface area (Å²) in [4.78, 5) is 20.3. The van der Waals surface area contributed by atoms with E-state index in [9.17, 15) is 18.8 Å². The first-order chi connectivity index (χ1) is 13.0.